The molecule has 0 bridgehead atoms. The van der Waals surface area contributed by atoms with E-state index in [9.17, 15) is 15.0 Å². The summed E-state index contributed by atoms with van der Waals surface area (Å²) in [5.74, 6) is -0.152. The van der Waals surface area contributed by atoms with Gasteiger partial charge in [0.25, 0.3) is 5.56 Å². The lowest BCUT2D eigenvalue weighted by Crippen LogP contribution is -2.33. The maximum absolute atomic E-state index is 12.1. The number of H-pyrrole nitrogens is 1. The Labute approximate surface area is 128 Å². The maximum atomic E-state index is 12.1. The molecule has 0 spiro atoms. The van der Waals surface area contributed by atoms with E-state index in [-0.39, 0.29) is 22.5 Å². The maximum Gasteiger partial charge on any atom is 0.262 e. The number of hydrogen-bond acceptors (Lipinski definition) is 9. The fourth-order valence-electron chi connectivity index (χ4n) is 2.66. The number of aromatic nitrogens is 3. The third kappa shape index (κ3) is 2.35. The number of aromatic amines is 1. The highest BCUT2D eigenvalue weighted by Crippen LogP contribution is 2.32. The quantitative estimate of drug-likeness (QED) is 0.207. The number of nitrogens with one attached hydrogen (secondary N) is 1. The van der Waals surface area contributed by atoms with Crippen LogP contribution >= 0.6 is 0 Å². The van der Waals surface area contributed by atoms with Gasteiger partial charge < -0.3 is 35.6 Å². The smallest absolute Gasteiger partial charge is 0.262 e. The molecule has 0 aromatic carbocycles. The number of rotatable bonds is 3. The van der Waals surface area contributed by atoms with E-state index < -0.39 is 36.7 Å². The van der Waals surface area contributed by atoms with Gasteiger partial charge in [0.15, 0.2) is 11.9 Å². The molecule has 124 valence electrons. The van der Waals surface area contributed by atoms with Crippen LogP contribution < -0.4 is 11.3 Å². The Morgan fingerprint density at radius 3 is 2.83 bits per heavy atom. The van der Waals surface area contributed by atoms with Gasteiger partial charge in [-0.15, -0.1) is 0 Å². The third-order valence-corrected chi connectivity index (χ3v) is 3.72. The van der Waals surface area contributed by atoms with Crippen molar-refractivity contribution in [2.45, 2.75) is 24.5 Å². The van der Waals surface area contributed by atoms with Crippen molar-refractivity contribution in [3.8, 4) is 0 Å². The number of ether oxygens (including phenoxy) is 1. The van der Waals surface area contributed by atoms with Crippen LogP contribution in [-0.4, -0.2) is 66.2 Å². The van der Waals surface area contributed by atoms with Crippen LogP contribution in [0.2, 0.25) is 0 Å². The number of nitrogens with zero attached hydrogens (tertiary/aromatic N) is 3. The second-order valence-electron chi connectivity index (χ2n) is 5.11. The Morgan fingerprint density at radius 1 is 1.48 bits per heavy atom. The van der Waals surface area contributed by atoms with Gasteiger partial charge in [0.2, 0.25) is 5.95 Å². The molecule has 23 heavy (non-hydrogen) atoms. The van der Waals surface area contributed by atoms with Gasteiger partial charge in [0, 0.05) is 11.8 Å². The first-order valence-electron chi connectivity index (χ1n) is 6.68. The standard InChI is InChI=1S/C12H15N5O6/c13-12-15-9-6(10(21)16-12)4(1-14-22)2-17(9)11-8(20)7(19)5(3-18)23-11/h1-2,5,7-8,11,18-20,22H,3H2,(H3,13,15,16,21)/b14-1+. The lowest BCUT2D eigenvalue weighted by atomic mass is 10.1. The predicted octanol–water partition coefficient (Wildman–Crippen LogP) is -2.27. The molecule has 2 aromatic rings. The van der Waals surface area contributed by atoms with Crippen LogP contribution in [0.25, 0.3) is 11.0 Å². The monoisotopic (exact) mass is 325 g/mol. The zero-order valence-electron chi connectivity index (χ0n) is 11.7. The van der Waals surface area contributed by atoms with Gasteiger partial charge in [-0.2, -0.15) is 4.98 Å². The van der Waals surface area contributed by atoms with Gasteiger partial charge in [-0.3, -0.25) is 9.78 Å². The van der Waals surface area contributed by atoms with E-state index in [1.165, 1.54) is 10.8 Å². The zero-order valence-corrected chi connectivity index (χ0v) is 11.7. The molecule has 3 heterocycles. The van der Waals surface area contributed by atoms with Crippen molar-refractivity contribution in [1.29, 1.82) is 0 Å². The molecule has 7 N–H and O–H groups in total. The van der Waals surface area contributed by atoms with Crippen molar-refractivity contribution in [2.24, 2.45) is 5.16 Å². The molecule has 1 saturated heterocycles. The number of anilines is 1. The van der Waals surface area contributed by atoms with E-state index in [1.807, 2.05) is 0 Å². The van der Waals surface area contributed by atoms with Crippen LogP contribution in [-0.2, 0) is 4.74 Å². The molecule has 1 aliphatic heterocycles. The minimum atomic E-state index is -1.36. The van der Waals surface area contributed by atoms with E-state index in [0.29, 0.717) is 0 Å². The first-order valence-corrected chi connectivity index (χ1v) is 6.68. The van der Waals surface area contributed by atoms with Gasteiger partial charge >= 0.3 is 0 Å². The Balaban J connectivity index is 2.20. The Hall–Kier alpha value is -2.47. The van der Waals surface area contributed by atoms with E-state index in [2.05, 4.69) is 15.1 Å². The first-order chi connectivity index (χ1) is 11.0. The Morgan fingerprint density at radius 2 is 2.22 bits per heavy atom. The molecule has 4 atom stereocenters. The summed E-state index contributed by atoms with van der Waals surface area (Å²) in [6.07, 6.45) is -2.36. The number of nitrogens with two attached hydrogens (primary N) is 1. The molecule has 0 radical (unpaired) electrons. The fraction of sp³-hybridized carbons (Fsp3) is 0.417. The average Bonchev–Trinajstić information content (AvgIpc) is 2.99. The third-order valence-electron chi connectivity index (χ3n) is 3.72. The highest BCUT2D eigenvalue weighted by molar-refractivity contribution is 5.97. The SMILES string of the molecule is Nc1nc2c(c(/C=N/O)cn2C2OC(CO)C(O)C2O)c(=O)[nH]1. The van der Waals surface area contributed by atoms with Gasteiger partial charge in [0.05, 0.1) is 18.2 Å². The summed E-state index contributed by atoms with van der Waals surface area (Å²) >= 11 is 0. The Bertz CT molecular complexity index is 814. The topological polar surface area (TPSA) is 179 Å². The highest BCUT2D eigenvalue weighted by atomic mass is 16.6. The van der Waals surface area contributed by atoms with Crippen LogP contribution in [0.1, 0.15) is 11.8 Å². The van der Waals surface area contributed by atoms with Crippen molar-refractivity contribution in [2.75, 3.05) is 12.3 Å². The van der Waals surface area contributed by atoms with Gasteiger partial charge in [-0.25, -0.2) is 0 Å². The minimum Gasteiger partial charge on any atom is -0.411 e. The summed E-state index contributed by atoms with van der Waals surface area (Å²) in [6.45, 7) is -0.491. The van der Waals surface area contributed by atoms with E-state index in [1.54, 1.807) is 0 Å². The molecule has 1 fully saturated rings. The number of fused-ring (bicyclic) bond motifs is 1. The highest BCUT2D eigenvalue weighted by Gasteiger charge is 2.44. The molecule has 0 amide bonds. The number of oxime groups is 1. The lowest BCUT2D eigenvalue weighted by molar-refractivity contribution is -0.0508. The molecule has 3 rings (SSSR count). The van der Waals surface area contributed by atoms with Gasteiger partial charge in [0.1, 0.15) is 18.3 Å². The number of aliphatic hydroxyl groups excluding tert-OH is 3. The van der Waals surface area contributed by atoms with E-state index in [0.717, 1.165) is 6.21 Å². The van der Waals surface area contributed by atoms with Crippen LogP contribution in [0.3, 0.4) is 0 Å². The van der Waals surface area contributed by atoms with Crippen molar-refractivity contribution < 1.29 is 25.3 Å². The lowest BCUT2D eigenvalue weighted by Gasteiger charge is -2.17. The molecule has 11 heteroatoms. The number of hydrogen-bond donors (Lipinski definition) is 6. The molecule has 1 aliphatic rings. The van der Waals surface area contributed by atoms with Gasteiger partial charge in [-0.1, -0.05) is 5.16 Å². The normalized spacial score (nSPS) is 28.1. The number of nitrogen functional groups attached to an aromatic ring is 1. The number of aliphatic hydroxyl groups is 3. The zero-order chi connectivity index (χ0) is 16.7. The van der Waals surface area contributed by atoms with Crippen LogP contribution in [0.15, 0.2) is 16.1 Å². The van der Waals surface area contributed by atoms with Crippen LogP contribution in [0.5, 0.6) is 0 Å². The fourth-order valence-corrected chi connectivity index (χ4v) is 2.66. The summed E-state index contributed by atoms with van der Waals surface area (Å²) in [4.78, 5) is 18.4. The summed E-state index contributed by atoms with van der Waals surface area (Å²) in [6, 6.07) is 0. The molecular weight excluding hydrogens is 310 g/mol. The van der Waals surface area contributed by atoms with Crippen molar-refractivity contribution in [3.05, 3.63) is 22.1 Å². The summed E-state index contributed by atoms with van der Waals surface area (Å²) in [7, 11) is 0. The summed E-state index contributed by atoms with van der Waals surface area (Å²) in [5.41, 5.74) is 5.27. The minimum absolute atomic E-state index is 0.0785. The second-order valence-corrected chi connectivity index (χ2v) is 5.11. The molecular formula is C12H15N5O6. The van der Waals surface area contributed by atoms with Crippen molar-refractivity contribution >= 4 is 23.2 Å². The first kappa shape index (κ1) is 15.4. The average molecular weight is 325 g/mol. The molecule has 0 aliphatic carbocycles. The van der Waals surface area contributed by atoms with Crippen LogP contribution in [0, 0.1) is 0 Å². The Kier molecular flexibility index (Phi) is 3.77. The molecule has 11 nitrogen and oxygen atoms in total. The van der Waals surface area contributed by atoms with E-state index >= 15 is 0 Å². The largest absolute Gasteiger partial charge is 0.411 e. The molecule has 4 unspecified atom stereocenters. The summed E-state index contributed by atoms with van der Waals surface area (Å²) < 4.78 is 6.71. The van der Waals surface area contributed by atoms with Crippen molar-refractivity contribution in [1.82, 2.24) is 14.5 Å². The van der Waals surface area contributed by atoms with Crippen LogP contribution in [0.4, 0.5) is 5.95 Å². The molecule has 0 saturated carbocycles. The summed E-state index contributed by atoms with van der Waals surface area (Å²) in [5, 5.41) is 40.8. The van der Waals surface area contributed by atoms with E-state index in [4.69, 9.17) is 20.8 Å². The molecule has 2 aromatic heterocycles. The predicted molar refractivity (Wildman–Crippen MR) is 77.2 cm³/mol. The van der Waals surface area contributed by atoms with Gasteiger partial charge in [-0.05, 0) is 0 Å². The van der Waals surface area contributed by atoms with Crippen molar-refractivity contribution in [3.63, 3.8) is 0 Å². The second kappa shape index (κ2) is 5.62.